The molecule has 8 N–H and O–H groups in total. The van der Waals surface area contributed by atoms with Crippen molar-refractivity contribution in [3.8, 4) is 45.6 Å². The van der Waals surface area contributed by atoms with Crippen molar-refractivity contribution in [2.75, 3.05) is 13.7 Å². The van der Waals surface area contributed by atoms with Gasteiger partial charge in [-0.1, -0.05) is 0 Å². The molecule has 2 aromatic rings. The molecule has 1 saturated heterocycles. The number of methoxy groups -OCH3 is 1. The molecular weight excluding hydrogens is 476 g/mol. The predicted molar refractivity (Wildman–Crippen MR) is 109 cm³/mol. The first kappa shape index (κ1) is 24.2. The van der Waals surface area contributed by atoms with Gasteiger partial charge < -0.3 is 59.8 Å². The summed E-state index contributed by atoms with van der Waals surface area (Å²) in [6, 6.07) is 1.29. The lowest BCUT2D eigenvalue weighted by Gasteiger charge is -2.41. The highest BCUT2D eigenvalue weighted by Gasteiger charge is 2.48. The fraction of sp³-hybridized carbons (Fsp3) is 0.333. The van der Waals surface area contributed by atoms with E-state index >= 15 is 0 Å². The summed E-state index contributed by atoms with van der Waals surface area (Å²) >= 11 is 0. The van der Waals surface area contributed by atoms with Crippen LogP contribution < -0.4 is 0 Å². The Balaban J connectivity index is 1.99. The SMILES string of the molecule is CO[C@@H]1OC2COC(=O)c3cc(O)c(O)c(O)c3-c3c(cc(O)c(O)c3O)C(=O)O[C@H]2[C@H](O)C1O. The van der Waals surface area contributed by atoms with Crippen LogP contribution in [0.5, 0.6) is 34.5 Å². The Morgan fingerprint density at radius 1 is 0.800 bits per heavy atom. The second-order valence-corrected chi connectivity index (χ2v) is 7.76. The molecule has 0 saturated carbocycles. The number of aromatic hydroxyl groups is 6. The van der Waals surface area contributed by atoms with Gasteiger partial charge in [0.1, 0.15) is 24.9 Å². The molecule has 0 aliphatic carbocycles. The van der Waals surface area contributed by atoms with E-state index in [0.717, 1.165) is 7.11 Å². The van der Waals surface area contributed by atoms with Gasteiger partial charge in [0.25, 0.3) is 0 Å². The molecule has 1 fully saturated rings. The first-order valence-corrected chi connectivity index (χ1v) is 9.96. The summed E-state index contributed by atoms with van der Waals surface area (Å²) < 4.78 is 20.8. The van der Waals surface area contributed by atoms with E-state index in [9.17, 15) is 50.4 Å². The predicted octanol–water partition coefficient (Wildman–Crippen LogP) is -0.624. The van der Waals surface area contributed by atoms with Gasteiger partial charge in [-0.05, 0) is 12.1 Å². The summed E-state index contributed by atoms with van der Waals surface area (Å²) in [7, 11) is 1.16. The van der Waals surface area contributed by atoms with Crippen molar-refractivity contribution in [3.63, 3.8) is 0 Å². The number of cyclic esters (lactones) is 1. The number of hydrogen-bond donors (Lipinski definition) is 8. The Morgan fingerprint density at radius 3 is 1.83 bits per heavy atom. The average Bonchev–Trinajstić information content (AvgIpc) is 2.84. The van der Waals surface area contributed by atoms with Crippen LogP contribution in [0.1, 0.15) is 20.7 Å². The molecule has 0 amide bonds. The van der Waals surface area contributed by atoms with Gasteiger partial charge in [0.2, 0.25) is 11.5 Å². The van der Waals surface area contributed by atoms with E-state index in [4.69, 9.17) is 18.9 Å². The monoisotopic (exact) mass is 496 g/mol. The van der Waals surface area contributed by atoms with Crippen LogP contribution in [0.4, 0.5) is 0 Å². The van der Waals surface area contributed by atoms with Gasteiger partial charge in [-0.15, -0.1) is 0 Å². The number of rotatable bonds is 1. The number of phenolic OH excluding ortho intramolecular Hbond substituents is 6. The number of fused-ring (bicyclic) bond motifs is 4. The molecule has 0 aromatic heterocycles. The molecular formula is C21H20O14. The van der Waals surface area contributed by atoms with Crippen LogP contribution in [0.2, 0.25) is 0 Å². The molecule has 2 unspecified atom stereocenters. The molecule has 2 aliphatic rings. The Morgan fingerprint density at radius 2 is 1.31 bits per heavy atom. The van der Waals surface area contributed by atoms with Crippen molar-refractivity contribution in [2.24, 2.45) is 0 Å². The smallest absolute Gasteiger partial charge is 0.339 e. The summed E-state index contributed by atoms with van der Waals surface area (Å²) in [5.74, 6) is -9.31. The number of carbonyl (C=O) groups is 2. The van der Waals surface area contributed by atoms with Gasteiger partial charge in [0.05, 0.1) is 11.1 Å². The van der Waals surface area contributed by atoms with E-state index < -0.39 is 106 Å². The maximum absolute atomic E-state index is 13.1. The largest absolute Gasteiger partial charge is 0.504 e. The summed E-state index contributed by atoms with van der Waals surface area (Å²) in [6.07, 6.45) is -7.97. The van der Waals surface area contributed by atoms with E-state index in [1.807, 2.05) is 0 Å². The number of aliphatic hydroxyl groups is 2. The number of aliphatic hydroxyl groups excluding tert-OH is 2. The number of esters is 2. The minimum atomic E-state index is -1.81. The molecule has 0 bridgehead atoms. The number of benzene rings is 2. The van der Waals surface area contributed by atoms with Crippen LogP contribution in [0.15, 0.2) is 12.1 Å². The second-order valence-electron chi connectivity index (χ2n) is 7.76. The summed E-state index contributed by atoms with van der Waals surface area (Å²) in [4.78, 5) is 26.1. The second kappa shape index (κ2) is 8.66. The highest BCUT2D eigenvalue weighted by molar-refractivity contribution is 6.08. The molecule has 2 aliphatic heterocycles. The first-order chi connectivity index (χ1) is 16.5. The third-order valence-corrected chi connectivity index (χ3v) is 5.69. The van der Waals surface area contributed by atoms with Crippen molar-refractivity contribution in [1.29, 1.82) is 0 Å². The normalized spacial score (nSPS) is 26.4. The van der Waals surface area contributed by atoms with Gasteiger partial charge in [-0.25, -0.2) is 9.59 Å². The first-order valence-electron chi connectivity index (χ1n) is 9.96. The Labute approximate surface area is 195 Å². The maximum atomic E-state index is 13.1. The van der Waals surface area contributed by atoms with Crippen molar-refractivity contribution in [2.45, 2.75) is 30.7 Å². The summed E-state index contributed by atoms with van der Waals surface area (Å²) in [5.41, 5.74) is -2.97. The summed E-state index contributed by atoms with van der Waals surface area (Å²) in [6.45, 7) is -0.693. The lowest BCUT2D eigenvalue weighted by molar-refractivity contribution is -0.293. The van der Waals surface area contributed by atoms with Crippen LogP contribution in [0, 0.1) is 0 Å². The van der Waals surface area contributed by atoms with Gasteiger partial charge in [0.15, 0.2) is 35.4 Å². The van der Waals surface area contributed by atoms with E-state index in [-0.39, 0.29) is 0 Å². The highest BCUT2D eigenvalue weighted by Crippen LogP contribution is 2.52. The van der Waals surface area contributed by atoms with Gasteiger partial charge in [0, 0.05) is 18.2 Å². The minimum absolute atomic E-state index is 0.628. The topological polar surface area (TPSA) is 233 Å². The molecule has 14 heteroatoms. The molecule has 0 spiro atoms. The maximum Gasteiger partial charge on any atom is 0.339 e. The van der Waals surface area contributed by atoms with E-state index in [1.54, 1.807) is 0 Å². The zero-order valence-electron chi connectivity index (χ0n) is 17.8. The van der Waals surface area contributed by atoms with Crippen LogP contribution in [-0.2, 0) is 18.9 Å². The van der Waals surface area contributed by atoms with Crippen molar-refractivity contribution in [1.82, 2.24) is 0 Å². The number of hydrogen-bond acceptors (Lipinski definition) is 14. The van der Waals surface area contributed by atoms with Crippen LogP contribution in [-0.4, -0.2) is 97.2 Å². The van der Waals surface area contributed by atoms with Crippen LogP contribution in [0.3, 0.4) is 0 Å². The van der Waals surface area contributed by atoms with Gasteiger partial charge in [-0.3, -0.25) is 0 Å². The molecule has 5 atom stereocenters. The zero-order chi connectivity index (χ0) is 25.8. The van der Waals surface area contributed by atoms with Crippen LogP contribution in [0.25, 0.3) is 11.1 Å². The van der Waals surface area contributed by atoms with Crippen molar-refractivity contribution in [3.05, 3.63) is 23.3 Å². The molecule has 14 nitrogen and oxygen atoms in total. The average molecular weight is 496 g/mol. The van der Waals surface area contributed by atoms with Gasteiger partial charge in [-0.2, -0.15) is 0 Å². The Kier molecular flexibility index (Phi) is 5.98. The van der Waals surface area contributed by atoms with Crippen LogP contribution >= 0.6 is 0 Å². The lowest BCUT2D eigenvalue weighted by Crippen LogP contribution is -2.60. The van der Waals surface area contributed by atoms with E-state index in [1.165, 1.54) is 0 Å². The Hall–Kier alpha value is -3.98. The number of carbonyl (C=O) groups excluding carboxylic acids is 2. The molecule has 4 rings (SSSR count). The zero-order valence-corrected chi connectivity index (χ0v) is 17.8. The van der Waals surface area contributed by atoms with Crippen molar-refractivity contribution >= 4 is 11.9 Å². The fourth-order valence-electron chi connectivity index (χ4n) is 3.92. The third kappa shape index (κ3) is 3.77. The molecule has 0 radical (unpaired) electrons. The van der Waals surface area contributed by atoms with Gasteiger partial charge >= 0.3 is 11.9 Å². The van der Waals surface area contributed by atoms with E-state index in [2.05, 4.69) is 0 Å². The molecule has 188 valence electrons. The summed E-state index contributed by atoms with van der Waals surface area (Å²) in [5, 5.41) is 81.8. The minimum Gasteiger partial charge on any atom is -0.504 e. The standard InChI is InChI=1S/C21H20O14/c1-32-21-17(29)16(28)18-9(34-21)4-33-19(30)5-2-7(22)12(24)14(26)10(5)11-6(20(31)35-18)3-8(23)13(25)15(11)27/h2-3,9,16-18,21-29H,4H2,1H3/t9?,16-,17?,18-,21-/m1/s1. The lowest BCUT2D eigenvalue weighted by atomic mass is 9.92. The quantitative estimate of drug-likeness (QED) is 0.182. The molecule has 35 heavy (non-hydrogen) atoms. The Bertz CT molecular complexity index is 1210. The number of ether oxygens (including phenoxy) is 4. The highest BCUT2D eigenvalue weighted by atomic mass is 16.7. The third-order valence-electron chi connectivity index (χ3n) is 5.69. The number of phenols is 6. The molecule has 2 aromatic carbocycles. The van der Waals surface area contributed by atoms with E-state index in [0.29, 0.717) is 12.1 Å². The fourth-order valence-corrected chi connectivity index (χ4v) is 3.92. The van der Waals surface area contributed by atoms with Crippen molar-refractivity contribution < 1.29 is 69.4 Å². The molecule has 2 heterocycles.